The van der Waals surface area contributed by atoms with Crippen LogP contribution in [0.5, 0.6) is 0 Å². The Morgan fingerprint density at radius 3 is 2.26 bits per heavy atom. The monoisotopic (exact) mass is 494 g/mol. The van der Waals surface area contributed by atoms with Gasteiger partial charge in [0.25, 0.3) is 21.6 Å². The van der Waals surface area contributed by atoms with Gasteiger partial charge in [0.2, 0.25) is 0 Å². The molecule has 3 aromatic rings. The van der Waals surface area contributed by atoms with Gasteiger partial charge in [0, 0.05) is 55.2 Å². The van der Waals surface area contributed by atoms with Crippen LogP contribution in [0.25, 0.3) is 0 Å². The molecule has 0 aromatic heterocycles. The highest BCUT2D eigenvalue weighted by atomic mass is 32.2. The number of non-ortho nitro benzene ring substituents is 1. The fourth-order valence-corrected chi connectivity index (χ4v) is 5.17. The van der Waals surface area contributed by atoms with Crippen molar-refractivity contribution >= 4 is 33.0 Å². The number of nitrogens with zero attached hydrogens (tertiary/aromatic N) is 3. The molecule has 0 unspecified atom stereocenters. The Balaban J connectivity index is 1.40. The van der Waals surface area contributed by atoms with Crippen LogP contribution in [0.15, 0.2) is 71.6 Å². The van der Waals surface area contributed by atoms with Crippen LogP contribution in [-0.2, 0) is 10.0 Å². The van der Waals surface area contributed by atoms with Crippen molar-refractivity contribution in [3.05, 3.63) is 93.5 Å². The lowest BCUT2D eigenvalue weighted by atomic mass is 10.1. The molecule has 3 aromatic carbocycles. The van der Waals surface area contributed by atoms with Gasteiger partial charge in [-0.25, -0.2) is 8.42 Å². The molecule has 1 aliphatic rings. The topological polar surface area (TPSA) is 113 Å². The predicted octanol–water partition coefficient (Wildman–Crippen LogP) is 3.97. The van der Waals surface area contributed by atoms with E-state index in [1.807, 2.05) is 6.07 Å². The number of piperazine rings is 1. The second kappa shape index (κ2) is 9.75. The molecule has 0 aliphatic carbocycles. The molecule has 35 heavy (non-hydrogen) atoms. The van der Waals surface area contributed by atoms with Gasteiger partial charge in [-0.15, -0.1) is 0 Å². The van der Waals surface area contributed by atoms with Crippen molar-refractivity contribution < 1.29 is 18.1 Å². The zero-order valence-corrected chi connectivity index (χ0v) is 20.3. The molecular formula is C25H26N4O5S. The van der Waals surface area contributed by atoms with Crippen LogP contribution in [0, 0.1) is 24.0 Å². The molecular weight excluding hydrogens is 468 g/mol. The molecule has 0 bridgehead atoms. The van der Waals surface area contributed by atoms with Crippen LogP contribution in [0.3, 0.4) is 0 Å². The molecule has 1 saturated heterocycles. The second-order valence-electron chi connectivity index (χ2n) is 8.44. The molecule has 0 radical (unpaired) electrons. The average Bonchev–Trinajstić information content (AvgIpc) is 2.86. The maximum absolute atomic E-state index is 13.0. The van der Waals surface area contributed by atoms with Crippen molar-refractivity contribution in [2.24, 2.45) is 0 Å². The minimum atomic E-state index is -4.02. The third kappa shape index (κ3) is 5.27. The lowest BCUT2D eigenvalue weighted by Gasteiger charge is -2.37. The number of nitrogens with one attached hydrogen (secondary N) is 1. The number of nitro groups is 1. The minimum Gasteiger partial charge on any atom is -0.368 e. The number of amides is 1. The Morgan fingerprint density at radius 2 is 1.60 bits per heavy atom. The van der Waals surface area contributed by atoms with E-state index in [0.717, 1.165) is 19.2 Å². The molecule has 9 nitrogen and oxygen atoms in total. The van der Waals surface area contributed by atoms with E-state index < -0.39 is 14.9 Å². The lowest BCUT2D eigenvalue weighted by molar-refractivity contribution is -0.385. The number of hydrogen-bond donors (Lipinski definition) is 1. The van der Waals surface area contributed by atoms with Gasteiger partial charge >= 0.3 is 0 Å². The molecule has 1 amide bonds. The predicted molar refractivity (Wildman–Crippen MR) is 134 cm³/mol. The van der Waals surface area contributed by atoms with Crippen LogP contribution in [0.1, 0.15) is 21.5 Å². The first kappa shape index (κ1) is 24.2. The molecule has 0 atom stereocenters. The Kier molecular flexibility index (Phi) is 6.74. The highest BCUT2D eigenvalue weighted by Crippen LogP contribution is 2.25. The van der Waals surface area contributed by atoms with Gasteiger partial charge in [-0.2, -0.15) is 0 Å². The highest BCUT2D eigenvalue weighted by molar-refractivity contribution is 7.92. The van der Waals surface area contributed by atoms with Crippen molar-refractivity contribution in [2.75, 3.05) is 35.8 Å². The van der Waals surface area contributed by atoms with E-state index in [9.17, 15) is 23.3 Å². The molecule has 182 valence electrons. The molecule has 0 saturated carbocycles. The Labute approximate surface area is 204 Å². The van der Waals surface area contributed by atoms with Gasteiger partial charge in [0.05, 0.1) is 9.82 Å². The standard InChI is InChI=1S/C25H26N4O5S/c1-18-5-3-8-24(19(18)2)27-13-15-28(16-14-27)25(30)20-9-11-21(12-10-20)26-35(33,34)23-7-4-6-22(17-23)29(31)32/h3-12,17,26H,13-16H2,1-2H3. The summed E-state index contributed by atoms with van der Waals surface area (Å²) in [6, 6.07) is 17.2. The number of sulfonamides is 1. The first-order chi connectivity index (χ1) is 16.7. The van der Waals surface area contributed by atoms with E-state index in [1.54, 1.807) is 17.0 Å². The fourth-order valence-electron chi connectivity index (χ4n) is 4.07. The zero-order valence-electron chi connectivity index (χ0n) is 19.5. The summed E-state index contributed by atoms with van der Waals surface area (Å²) in [5, 5.41) is 10.9. The molecule has 1 heterocycles. The maximum Gasteiger partial charge on any atom is 0.270 e. The van der Waals surface area contributed by atoms with Gasteiger partial charge < -0.3 is 9.80 Å². The number of rotatable bonds is 6. The van der Waals surface area contributed by atoms with Gasteiger partial charge in [0.1, 0.15) is 0 Å². The Morgan fingerprint density at radius 1 is 0.943 bits per heavy atom. The number of carbonyl (C=O) groups excluding carboxylic acids is 1. The second-order valence-corrected chi connectivity index (χ2v) is 10.1. The number of benzene rings is 3. The third-order valence-corrected chi connectivity index (χ3v) is 7.59. The summed E-state index contributed by atoms with van der Waals surface area (Å²) >= 11 is 0. The summed E-state index contributed by atoms with van der Waals surface area (Å²) in [7, 11) is -4.02. The molecule has 1 N–H and O–H groups in total. The zero-order chi connectivity index (χ0) is 25.2. The summed E-state index contributed by atoms with van der Waals surface area (Å²) in [5.41, 5.74) is 4.08. The van der Waals surface area contributed by atoms with E-state index in [-0.39, 0.29) is 22.2 Å². The molecule has 10 heteroatoms. The number of nitro benzene ring substituents is 1. The number of anilines is 2. The lowest BCUT2D eigenvalue weighted by Crippen LogP contribution is -2.49. The Bertz CT molecular complexity index is 1360. The van der Waals surface area contributed by atoms with Crippen LogP contribution in [0.4, 0.5) is 17.1 Å². The summed E-state index contributed by atoms with van der Waals surface area (Å²) in [6.45, 7) is 6.85. The summed E-state index contributed by atoms with van der Waals surface area (Å²) in [4.78, 5) is 27.1. The first-order valence-electron chi connectivity index (χ1n) is 11.1. The molecule has 0 spiro atoms. The van der Waals surface area contributed by atoms with E-state index in [0.29, 0.717) is 18.7 Å². The van der Waals surface area contributed by atoms with Crippen molar-refractivity contribution in [3.8, 4) is 0 Å². The quantitative estimate of drug-likeness (QED) is 0.410. The van der Waals surface area contributed by atoms with E-state index >= 15 is 0 Å². The number of carbonyl (C=O) groups is 1. The third-order valence-electron chi connectivity index (χ3n) is 6.21. The largest absolute Gasteiger partial charge is 0.368 e. The minimum absolute atomic E-state index is 0.112. The van der Waals surface area contributed by atoms with Crippen LogP contribution >= 0.6 is 0 Å². The molecule has 1 fully saturated rings. The van der Waals surface area contributed by atoms with Crippen molar-refractivity contribution in [1.29, 1.82) is 0 Å². The van der Waals surface area contributed by atoms with Crippen molar-refractivity contribution in [2.45, 2.75) is 18.7 Å². The average molecular weight is 495 g/mol. The molecule has 4 rings (SSSR count). The van der Waals surface area contributed by atoms with Crippen molar-refractivity contribution in [1.82, 2.24) is 4.90 Å². The van der Waals surface area contributed by atoms with Crippen molar-refractivity contribution in [3.63, 3.8) is 0 Å². The summed E-state index contributed by atoms with van der Waals surface area (Å²) in [6.07, 6.45) is 0. The van der Waals surface area contributed by atoms with Crippen LogP contribution < -0.4 is 9.62 Å². The number of hydrogen-bond acceptors (Lipinski definition) is 6. The van der Waals surface area contributed by atoms with E-state index in [4.69, 9.17) is 0 Å². The van der Waals surface area contributed by atoms with Gasteiger partial charge in [-0.1, -0.05) is 18.2 Å². The Hall–Kier alpha value is -3.92. The maximum atomic E-state index is 13.0. The highest BCUT2D eigenvalue weighted by Gasteiger charge is 2.24. The first-order valence-corrected chi connectivity index (χ1v) is 12.6. The SMILES string of the molecule is Cc1cccc(N2CCN(C(=O)c3ccc(NS(=O)(=O)c4cccc([N+](=O)[O-])c4)cc3)CC2)c1C. The van der Waals surface area contributed by atoms with Crippen LogP contribution in [0.2, 0.25) is 0 Å². The number of aryl methyl sites for hydroxylation is 1. The van der Waals surface area contributed by atoms with Crippen LogP contribution in [-0.4, -0.2) is 50.3 Å². The van der Waals surface area contributed by atoms with E-state index in [1.165, 1.54) is 47.1 Å². The normalized spacial score (nSPS) is 14.0. The van der Waals surface area contributed by atoms with Gasteiger partial charge in [-0.05, 0) is 61.4 Å². The van der Waals surface area contributed by atoms with Gasteiger partial charge in [0.15, 0.2) is 0 Å². The summed E-state index contributed by atoms with van der Waals surface area (Å²) in [5.74, 6) is -0.112. The van der Waals surface area contributed by atoms with Gasteiger partial charge in [-0.3, -0.25) is 19.6 Å². The molecule has 1 aliphatic heterocycles. The summed E-state index contributed by atoms with van der Waals surface area (Å²) < 4.78 is 27.6. The fraction of sp³-hybridized carbons (Fsp3) is 0.240. The van der Waals surface area contributed by atoms with E-state index in [2.05, 4.69) is 35.6 Å². The smallest absolute Gasteiger partial charge is 0.270 e.